The van der Waals surface area contributed by atoms with Gasteiger partial charge in [0.1, 0.15) is 17.6 Å². The third-order valence-corrected chi connectivity index (χ3v) is 3.50. The number of nitro groups is 1. The minimum Gasteiger partial charge on any atom is -0.460 e. The molecular formula is C20H33N3O8. The van der Waals surface area contributed by atoms with Crippen LogP contribution in [0.3, 0.4) is 0 Å². The zero-order chi connectivity index (χ0) is 23.0. The number of aromatic nitrogens is 1. The molecule has 0 radical (unpaired) electrons. The lowest BCUT2D eigenvalue weighted by atomic mass is 10.2. The fraction of sp³-hybridized carbons (Fsp3) is 0.700. The molecule has 1 N–H and O–H groups in total. The van der Waals surface area contributed by atoms with Crippen molar-refractivity contribution in [1.29, 1.82) is 0 Å². The molecule has 31 heavy (non-hydrogen) atoms. The number of anilines is 1. The summed E-state index contributed by atoms with van der Waals surface area (Å²) in [7, 11) is 0. The van der Waals surface area contributed by atoms with Crippen molar-refractivity contribution in [3.8, 4) is 0 Å². The maximum atomic E-state index is 11.5. The summed E-state index contributed by atoms with van der Waals surface area (Å²) in [5.74, 6) is 0.277. The van der Waals surface area contributed by atoms with E-state index in [-0.39, 0.29) is 18.1 Å². The number of hydrogen-bond donors (Lipinski definition) is 1. The molecule has 1 aromatic rings. The van der Waals surface area contributed by atoms with Gasteiger partial charge in [0.05, 0.1) is 64.2 Å². The van der Waals surface area contributed by atoms with Crippen LogP contribution in [0.1, 0.15) is 27.2 Å². The van der Waals surface area contributed by atoms with Crippen molar-refractivity contribution in [2.75, 3.05) is 64.7 Å². The number of carbonyl (C=O) groups is 1. The van der Waals surface area contributed by atoms with Crippen molar-refractivity contribution < 1.29 is 33.4 Å². The highest BCUT2D eigenvalue weighted by Gasteiger charge is 2.15. The first-order valence-electron chi connectivity index (χ1n) is 10.1. The van der Waals surface area contributed by atoms with Gasteiger partial charge >= 0.3 is 5.97 Å². The van der Waals surface area contributed by atoms with Gasteiger partial charge in [-0.15, -0.1) is 0 Å². The van der Waals surface area contributed by atoms with Gasteiger partial charge in [-0.3, -0.25) is 14.9 Å². The van der Waals surface area contributed by atoms with Crippen LogP contribution in [-0.2, 0) is 28.5 Å². The average Bonchev–Trinajstić information content (AvgIpc) is 2.70. The summed E-state index contributed by atoms with van der Waals surface area (Å²) in [6, 6.07) is 2.94. The first kappa shape index (κ1) is 26.7. The summed E-state index contributed by atoms with van der Waals surface area (Å²) in [6.07, 6.45) is 1.43. The molecule has 11 nitrogen and oxygen atoms in total. The van der Waals surface area contributed by atoms with Crippen molar-refractivity contribution in [3.63, 3.8) is 0 Å². The number of hydrogen-bond acceptors (Lipinski definition) is 10. The van der Waals surface area contributed by atoms with Crippen LogP contribution in [0.25, 0.3) is 0 Å². The monoisotopic (exact) mass is 443 g/mol. The molecule has 0 amide bonds. The standard InChI is InChI=1S/C20H33N3O8/c1-20(2,3)31-19(24)6-8-27-10-12-29-14-15-30-13-11-28-9-7-21-18-5-4-17(16-22-18)23(25)26/h4-5,16H,6-15H2,1-3H3,(H,21,22). The van der Waals surface area contributed by atoms with E-state index in [0.717, 1.165) is 0 Å². The van der Waals surface area contributed by atoms with Gasteiger partial charge in [0, 0.05) is 12.6 Å². The normalized spacial score (nSPS) is 11.3. The van der Waals surface area contributed by atoms with Crippen molar-refractivity contribution in [1.82, 2.24) is 4.98 Å². The van der Waals surface area contributed by atoms with Crippen LogP contribution in [-0.4, -0.2) is 80.9 Å². The van der Waals surface area contributed by atoms with E-state index in [0.29, 0.717) is 65.2 Å². The summed E-state index contributed by atoms with van der Waals surface area (Å²) in [5.41, 5.74) is -0.525. The Morgan fingerprint density at radius 1 is 0.968 bits per heavy atom. The lowest BCUT2D eigenvalue weighted by molar-refractivity contribution is -0.385. The number of pyridine rings is 1. The lowest BCUT2D eigenvalue weighted by Crippen LogP contribution is -2.24. The molecule has 11 heteroatoms. The van der Waals surface area contributed by atoms with Gasteiger partial charge in [0.15, 0.2) is 0 Å². The van der Waals surface area contributed by atoms with Gasteiger partial charge in [0.2, 0.25) is 0 Å². The molecule has 0 saturated carbocycles. The van der Waals surface area contributed by atoms with Crippen LogP contribution in [0.5, 0.6) is 0 Å². The zero-order valence-electron chi connectivity index (χ0n) is 18.5. The second-order valence-electron chi connectivity index (χ2n) is 7.37. The Hall–Kier alpha value is -2.34. The van der Waals surface area contributed by atoms with E-state index in [1.807, 2.05) is 20.8 Å². The zero-order valence-corrected chi connectivity index (χ0v) is 18.5. The second-order valence-corrected chi connectivity index (χ2v) is 7.37. The minimum atomic E-state index is -0.492. The Kier molecular flexibility index (Phi) is 13.3. The quantitative estimate of drug-likeness (QED) is 0.165. The molecule has 1 rings (SSSR count). The Morgan fingerprint density at radius 3 is 2.00 bits per heavy atom. The van der Waals surface area contributed by atoms with Crippen molar-refractivity contribution >= 4 is 17.5 Å². The average molecular weight is 443 g/mol. The first-order chi connectivity index (χ1) is 14.8. The smallest absolute Gasteiger partial charge is 0.308 e. The van der Waals surface area contributed by atoms with Gasteiger partial charge in [-0.1, -0.05) is 0 Å². The number of nitrogens with zero attached hydrogens (tertiary/aromatic N) is 2. The molecule has 0 aliphatic carbocycles. The van der Waals surface area contributed by atoms with Crippen LogP contribution in [0, 0.1) is 10.1 Å². The Labute approximate surface area is 182 Å². The molecule has 0 aliphatic rings. The van der Waals surface area contributed by atoms with E-state index in [4.69, 9.17) is 23.7 Å². The number of ether oxygens (including phenoxy) is 5. The topological polar surface area (TPSA) is 131 Å². The van der Waals surface area contributed by atoms with Gasteiger partial charge < -0.3 is 29.0 Å². The number of nitrogens with one attached hydrogen (secondary N) is 1. The maximum Gasteiger partial charge on any atom is 0.308 e. The molecule has 0 unspecified atom stereocenters. The fourth-order valence-electron chi connectivity index (χ4n) is 2.16. The van der Waals surface area contributed by atoms with E-state index in [1.54, 1.807) is 6.07 Å². The predicted octanol–water partition coefficient (Wildman–Crippen LogP) is 2.20. The van der Waals surface area contributed by atoms with Crippen LogP contribution >= 0.6 is 0 Å². The summed E-state index contributed by atoms with van der Waals surface area (Å²) < 4.78 is 26.7. The number of carbonyl (C=O) groups excluding carboxylic acids is 1. The fourth-order valence-corrected chi connectivity index (χ4v) is 2.16. The van der Waals surface area contributed by atoms with Crippen LogP contribution in [0.2, 0.25) is 0 Å². The van der Waals surface area contributed by atoms with E-state index in [2.05, 4.69) is 10.3 Å². The summed E-state index contributed by atoms with van der Waals surface area (Å²) in [5, 5.41) is 13.6. The van der Waals surface area contributed by atoms with Crippen molar-refractivity contribution in [2.45, 2.75) is 32.8 Å². The molecule has 176 valence electrons. The largest absolute Gasteiger partial charge is 0.460 e. The highest BCUT2D eigenvalue weighted by Crippen LogP contribution is 2.11. The first-order valence-corrected chi connectivity index (χ1v) is 10.1. The molecule has 0 atom stereocenters. The van der Waals surface area contributed by atoms with Gasteiger partial charge in [-0.05, 0) is 26.8 Å². The Morgan fingerprint density at radius 2 is 1.52 bits per heavy atom. The third kappa shape index (κ3) is 15.2. The van der Waals surface area contributed by atoms with Gasteiger partial charge in [0.25, 0.3) is 5.69 Å². The molecule has 1 aromatic heterocycles. The van der Waals surface area contributed by atoms with E-state index < -0.39 is 10.5 Å². The molecule has 0 aromatic carbocycles. The minimum absolute atomic E-state index is 0.0475. The molecular weight excluding hydrogens is 410 g/mol. The van der Waals surface area contributed by atoms with Crippen LogP contribution in [0.15, 0.2) is 18.3 Å². The predicted molar refractivity (Wildman–Crippen MR) is 113 cm³/mol. The number of rotatable bonds is 17. The summed E-state index contributed by atoms with van der Waals surface area (Å²) in [4.78, 5) is 25.5. The Bertz CT molecular complexity index is 634. The molecule has 0 saturated heterocycles. The highest BCUT2D eigenvalue weighted by molar-refractivity contribution is 5.69. The van der Waals surface area contributed by atoms with E-state index in [9.17, 15) is 14.9 Å². The molecule has 0 spiro atoms. The Balaban J connectivity index is 1.82. The third-order valence-electron chi connectivity index (χ3n) is 3.50. The van der Waals surface area contributed by atoms with Crippen molar-refractivity contribution in [2.24, 2.45) is 0 Å². The van der Waals surface area contributed by atoms with Crippen LogP contribution in [0.4, 0.5) is 11.5 Å². The van der Waals surface area contributed by atoms with E-state index in [1.165, 1.54) is 12.3 Å². The molecule has 1 heterocycles. The molecule has 0 fully saturated rings. The molecule has 0 bridgehead atoms. The highest BCUT2D eigenvalue weighted by atomic mass is 16.6. The lowest BCUT2D eigenvalue weighted by Gasteiger charge is -2.19. The second kappa shape index (κ2) is 15.5. The van der Waals surface area contributed by atoms with Gasteiger partial charge in [-0.25, -0.2) is 4.98 Å². The maximum absolute atomic E-state index is 11.5. The van der Waals surface area contributed by atoms with Crippen molar-refractivity contribution in [3.05, 3.63) is 28.4 Å². The summed E-state index contributed by atoms with van der Waals surface area (Å²) >= 11 is 0. The van der Waals surface area contributed by atoms with E-state index >= 15 is 0 Å². The number of esters is 1. The summed E-state index contributed by atoms with van der Waals surface area (Å²) in [6.45, 7) is 9.40. The molecule has 0 aliphatic heterocycles. The SMILES string of the molecule is CC(C)(C)OC(=O)CCOCCOCCOCCOCCNc1ccc([N+](=O)[O-])cn1. The van der Waals surface area contributed by atoms with Crippen LogP contribution < -0.4 is 5.32 Å². The van der Waals surface area contributed by atoms with Gasteiger partial charge in [-0.2, -0.15) is 0 Å².